The maximum absolute atomic E-state index is 5.25. The SMILES string of the molecule is COc1cccc(/C=C/CN(C)Cc2cccc3cc[nH]c23)c1. The standard InChI is InChI=1S/C20H22N2O/c1-22(13-5-7-16-6-3-10-19(14-16)23-2)15-18-9-4-8-17-11-12-21-20(17)18/h3-12,14,21H,13,15H2,1-2H3/b7-5+. The molecule has 2 aromatic carbocycles. The van der Waals surface area contributed by atoms with Crippen LogP contribution in [0.3, 0.4) is 0 Å². The second-order valence-electron chi connectivity index (χ2n) is 5.73. The molecule has 3 rings (SSSR count). The highest BCUT2D eigenvalue weighted by Gasteiger charge is 2.04. The predicted molar refractivity (Wildman–Crippen MR) is 96.7 cm³/mol. The second-order valence-corrected chi connectivity index (χ2v) is 5.73. The van der Waals surface area contributed by atoms with Gasteiger partial charge in [-0.15, -0.1) is 0 Å². The number of fused-ring (bicyclic) bond motifs is 1. The third kappa shape index (κ3) is 3.82. The average Bonchev–Trinajstić information content (AvgIpc) is 3.05. The van der Waals surface area contributed by atoms with Gasteiger partial charge in [-0.1, -0.05) is 42.5 Å². The third-order valence-electron chi connectivity index (χ3n) is 3.93. The van der Waals surface area contributed by atoms with Crippen molar-refractivity contribution in [3.8, 4) is 5.75 Å². The van der Waals surface area contributed by atoms with Crippen molar-refractivity contribution in [3.05, 3.63) is 71.9 Å². The van der Waals surface area contributed by atoms with Gasteiger partial charge >= 0.3 is 0 Å². The van der Waals surface area contributed by atoms with Crippen molar-refractivity contribution in [1.29, 1.82) is 0 Å². The Bertz CT molecular complexity index is 804. The number of aromatic nitrogens is 1. The molecule has 0 saturated heterocycles. The molecule has 0 amide bonds. The minimum atomic E-state index is 0.888. The Balaban J connectivity index is 1.62. The molecule has 0 fully saturated rings. The van der Waals surface area contributed by atoms with Crippen LogP contribution in [0.25, 0.3) is 17.0 Å². The zero-order valence-corrected chi connectivity index (χ0v) is 13.6. The van der Waals surface area contributed by atoms with Crippen LogP contribution in [0.15, 0.2) is 60.8 Å². The Morgan fingerprint density at radius 3 is 2.87 bits per heavy atom. The lowest BCUT2D eigenvalue weighted by atomic mass is 10.1. The monoisotopic (exact) mass is 306 g/mol. The van der Waals surface area contributed by atoms with Gasteiger partial charge in [-0.25, -0.2) is 0 Å². The lowest BCUT2D eigenvalue weighted by Crippen LogP contribution is -2.17. The molecule has 1 heterocycles. The molecule has 3 aromatic rings. The first-order valence-corrected chi connectivity index (χ1v) is 7.80. The molecule has 0 saturated carbocycles. The van der Waals surface area contributed by atoms with E-state index in [9.17, 15) is 0 Å². The number of likely N-dealkylation sites (N-methyl/N-ethyl adjacent to an activating group) is 1. The highest BCUT2D eigenvalue weighted by Crippen LogP contribution is 2.18. The van der Waals surface area contributed by atoms with E-state index in [-0.39, 0.29) is 0 Å². The predicted octanol–water partition coefficient (Wildman–Crippen LogP) is 4.32. The van der Waals surface area contributed by atoms with E-state index in [1.165, 1.54) is 16.5 Å². The topological polar surface area (TPSA) is 28.3 Å². The van der Waals surface area contributed by atoms with Crippen LogP contribution in [0, 0.1) is 0 Å². The summed E-state index contributed by atoms with van der Waals surface area (Å²) in [6.45, 7) is 1.81. The van der Waals surface area contributed by atoms with Crippen molar-refractivity contribution in [2.75, 3.05) is 20.7 Å². The van der Waals surface area contributed by atoms with E-state index in [4.69, 9.17) is 4.74 Å². The summed E-state index contributed by atoms with van der Waals surface area (Å²) in [5.41, 5.74) is 3.71. The van der Waals surface area contributed by atoms with Gasteiger partial charge in [0.1, 0.15) is 5.75 Å². The number of H-pyrrole nitrogens is 1. The number of hydrogen-bond acceptors (Lipinski definition) is 2. The molecular weight excluding hydrogens is 284 g/mol. The number of rotatable bonds is 6. The van der Waals surface area contributed by atoms with Crippen LogP contribution in [-0.4, -0.2) is 30.6 Å². The molecule has 1 aromatic heterocycles. The van der Waals surface area contributed by atoms with E-state index in [2.05, 4.69) is 59.4 Å². The minimum absolute atomic E-state index is 0.888. The van der Waals surface area contributed by atoms with Crippen molar-refractivity contribution in [2.45, 2.75) is 6.54 Å². The Morgan fingerprint density at radius 1 is 1.13 bits per heavy atom. The first-order chi connectivity index (χ1) is 11.3. The van der Waals surface area contributed by atoms with Gasteiger partial charge in [-0.05, 0) is 41.8 Å². The molecule has 0 unspecified atom stereocenters. The molecule has 0 spiro atoms. The highest BCUT2D eigenvalue weighted by atomic mass is 16.5. The van der Waals surface area contributed by atoms with Crippen LogP contribution in [0.1, 0.15) is 11.1 Å². The number of hydrogen-bond donors (Lipinski definition) is 1. The molecule has 0 aliphatic carbocycles. The smallest absolute Gasteiger partial charge is 0.119 e. The average molecular weight is 306 g/mol. The van der Waals surface area contributed by atoms with E-state index < -0.39 is 0 Å². The molecule has 118 valence electrons. The summed E-state index contributed by atoms with van der Waals surface area (Å²) < 4.78 is 5.25. The van der Waals surface area contributed by atoms with Crippen molar-refractivity contribution < 1.29 is 4.74 Å². The molecule has 0 bridgehead atoms. The fraction of sp³-hybridized carbons (Fsp3) is 0.200. The van der Waals surface area contributed by atoms with Crippen molar-refractivity contribution in [2.24, 2.45) is 0 Å². The Morgan fingerprint density at radius 2 is 2.00 bits per heavy atom. The van der Waals surface area contributed by atoms with Crippen LogP contribution in [0.5, 0.6) is 5.75 Å². The van der Waals surface area contributed by atoms with Crippen molar-refractivity contribution >= 4 is 17.0 Å². The van der Waals surface area contributed by atoms with Crippen molar-refractivity contribution in [1.82, 2.24) is 9.88 Å². The molecule has 23 heavy (non-hydrogen) atoms. The van der Waals surface area contributed by atoms with Gasteiger partial charge in [0.05, 0.1) is 7.11 Å². The highest BCUT2D eigenvalue weighted by molar-refractivity contribution is 5.82. The summed E-state index contributed by atoms with van der Waals surface area (Å²) in [5.74, 6) is 0.888. The Kier molecular flexibility index (Phi) is 4.79. The number of ether oxygens (including phenoxy) is 1. The number of nitrogens with zero attached hydrogens (tertiary/aromatic N) is 1. The summed E-state index contributed by atoms with van der Waals surface area (Å²) in [5, 5.41) is 1.27. The van der Waals surface area contributed by atoms with Gasteiger partial charge in [0.25, 0.3) is 0 Å². The second kappa shape index (κ2) is 7.16. The molecule has 3 nitrogen and oxygen atoms in total. The largest absolute Gasteiger partial charge is 0.497 e. The van der Waals surface area contributed by atoms with Gasteiger partial charge in [0.2, 0.25) is 0 Å². The molecular formula is C20H22N2O. The fourth-order valence-corrected chi connectivity index (χ4v) is 2.75. The number of nitrogens with one attached hydrogen (secondary N) is 1. The number of benzene rings is 2. The number of para-hydroxylation sites is 1. The summed E-state index contributed by atoms with van der Waals surface area (Å²) in [6.07, 6.45) is 6.31. The lowest BCUT2D eigenvalue weighted by molar-refractivity contribution is 0.365. The summed E-state index contributed by atoms with van der Waals surface area (Å²) in [6, 6.07) is 16.6. The maximum Gasteiger partial charge on any atom is 0.119 e. The van der Waals surface area contributed by atoms with E-state index in [1.807, 2.05) is 24.4 Å². The van der Waals surface area contributed by atoms with Crippen LogP contribution >= 0.6 is 0 Å². The van der Waals surface area contributed by atoms with Crippen LogP contribution in [0.2, 0.25) is 0 Å². The van der Waals surface area contributed by atoms with Crippen molar-refractivity contribution in [3.63, 3.8) is 0 Å². The first-order valence-electron chi connectivity index (χ1n) is 7.80. The lowest BCUT2D eigenvalue weighted by Gasteiger charge is -2.15. The summed E-state index contributed by atoms with van der Waals surface area (Å²) >= 11 is 0. The van der Waals surface area contributed by atoms with E-state index in [0.717, 1.165) is 24.4 Å². The van der Waals surface area contributed by atoms with Gasteiger partial charge < -0.3 is 9.72 Å². The molecule has 3 heteroatoms. The van der Waals surface area contributed by atoms with Gasteiger partial charge in [0.15, 0.2) is 0 Å². The Hall–Kier alpha value is -2.52. The zero-order valence-electron chi connectivity index (χ0n) is 13.6. The fourth-order valence-electron chi connectivity index (χ4n) is 2.75. The van der Waals surface area contributed by atoms with Crippen LogP contribution < -0.4 is 4.74 Å². The zero-order chi connectivity index (χ0) is 16.1. The van der Waals surface area contributed by atoms with Crippen LogP contribution in [0.4, 0.5) is 0 Å². The van der Waals surface area contributed by atoms with Gasteiger partial charge in [-0.3, -0.25) is 4.90 Å². The summed E-state index contributed by atoms with van der Waals surface area (Å²) in [7, 11) is 3.83. The van der Waals surface area contributed by atoms with Gasteiger partial charge in [-0.2, -0.15) is 0 Å². The maximum atomic E-state index is 5.25. The summed E-state index contributed by atoms with van der Waals surface area (Å²) in [4.78, 5) is 5.63. The Labute approximate surface area is 137 Å². The molecule has 1 N–H and O–H groups in total. The molecule has 0 atom stereocenters. The third-order valence-corrected chi connectivity index (χ3v) is 3.93. The molecule has 0 aliphatic rings. The molecule has 0 aliphatic heterocycles. The minimum Gasteiger partial charge on any atom is -0.497 e. The quantitative estimate of drug-likeness (QED) is 0.734. The first kappa shape index (κ1) is 15.4. The van der Waals surface area contributed by atoms with Gasteiger partial charge in [0, 0.05) is 24.8 Å². The van der Waals surface area contributed by atoms with Crippen LogP contribution in [-0.2, 0) is 6.54 Å². The van der Waals surface area contributed by atoms with E-state index in [0.29, 0.717) is 0 Å². The molecule has 0 radical (unpaired) electrons. The van der Waals surface area contributed by atoms with E-state index in [1.54, 1.807) is 7.11 Å². The van der Waals surface area contributed by atoms with E-state index >= 15 is 0 Å². The number of aromatic amines is 1. The normalized spacial score (nSPS) is 11.6. The number of methoxy groups -OCH3 is 1.